The Morgan fingerprint density at radius 3 is 2.52 bits per heavy atom. The van der Waals surface area contributed by atoms with Crippen molar-refractivity contribution in [2.75, 3.05) is 13.2 Å². The fourth-order valence-corrected chi connectivity index (χ4v) is 2.76. The van der Waals surface area contributed by atoms with Crippen molar-refractivity contribution in [3.8, 4) is 11.8 Å². The third kappa shape index (κ3) is 6.65. The van der Waals surface area contributed by atoms with Crippen LogP contribution in [0.5, 0.6) is 5.75 Å². The van der Waals surface area contributed by atoms with E-state index in [0.717, 1.165) is 24.2 Å². The molecule has 0 saturated carbocycles. The van der Waals surface area contributed by atoms with Gasteiger partial charge in [0.2, 0.25) is 0 Å². The molecule has 2 aromatic carbocycles. The van der Waals surface area contributed by atoms with Gasteiger partial charge in [0.05, 0.1) is 19.3 Å². The first kappa shape index (κ1) is 20.3. The lowest BCUT2D eigenvalue weighted by Crippen LogP contribution is -2.50. The van der Waals surface area contributed by atoms with Crippen LogP contribution in [0.4, 0.5) is 4.79 Å². The number of nitrogens with one attached hydrogen (secondary N) is 1. The second kappa shape index (κ2) is 10.2. The highest BCUT2D eigenvalue weighted by Gasteiger charge is 2.31. The Balaban J connectivity index is 1.85. The molecule has 1 amide bonds. The summed E-state index contributed by atoms with van der Waals surface area (Å²) in [4.78, 5) is 10.9. The monoisotopic (exact) mass is 368 g/mol. The molecule has 0 aromatic heterocycles. The number of ether oxygens (including phenoxy) is 1. The van der Waals surface area contributed by atoms with E-state index in [1.807, 2.05) is 48.5 Å². The first-order valence-electron chi connectivity index (χ1n) is 8.86. The van der Waals surface area contributed by atoms with Crippen molar-refractivity contribution < 1.29 is 19.7 Å². The molecule has 0 aliphatic heterocycles. The Morgan fingerprint density at radius 1 is 1.11 bits per heavy atom. The summed E-state index contributed by atoms with van der Waals surface area (Å²) < 4.78 is 5.79. The summed E-state index contributed by atoms with van der Waals surface area (Å²) in [5.74, 6) is 0.735. The maximum absolute atomic E-state index is 10.9. The number of aliphatic hydroxyl groups is 1. The number of aliphatic hydroxyl groups excluding tert-OH is 1. The lowest BCUT2D eigenvalue weighted by atomic mass is 9.93. The molecule has 142 valence electrons. The van der Waals surface area contributed by atoms with Crippen molar-refractivity contribution in [3.05, 3.63) is 65.7 Å². The average Bonchev–Trinajstić information content (AvgIpc) is 2.69. The molecule has 0 heterocycles. The minimum Gasteiger partial charge on any atom is -0.494 e. The Bertz CT molecular complexity index is 773. The van der Waals surface area contributed by atoms with E-state index in [1.54, 1.807) is 0 Å². The molecule has 6 nitrogen and oxygen atoms in total. The third-order valence-electron chi connectivity index (χ3n) is 4.29. The van der Waals surface area contributed by atoms with Crippen molar-refractivity contribution in [3.63, 3.8) is 0 Å². The van der Waals surface area contributed by atoms with E-state index >= 15 is 0 Å². The molecule has 0 aliphatic rings. The molecular formula is C21H24N2O4. The van der Waals surface area contributed by atoms with Crippen molar-refractivity contribution in [1.82, 2.24) is 5.32 Å². The Kier molecular flexibility index (Phi) is 7.65. The van der Waals surface area contributed by atoms with Gasteiger partial charge in [0, 0.05) is 0 Å². The van der Waals surface area contributed by atoms with Gasteiger partial charge in [-0.05, 0) is 48.9 Å². The number of nitriles is 1. The topological polar surface area (TPSA) is 103 Å². The number of rotatable bonds is 10. The molecule has 2 rings (SSSR count). The highest BCUT2D eigenvalue weighted by Crippen LogP contribution is 2.19. The van der Waals surface area contributed by atoms with E-state index in [1.165, 1.54) is 5.56 Å². The zero-order valence-electron chi connectivity index (χ0n) is 15.1. The summed E-state index contributed by atoms with van der Waals surface area (Å²) in [7, 11) is 0. The van der Waals surface area contributed by atoms with Gasteiger partial charge in [-0.2, -0.15) is 5.26 Å². The highest BCUT2D eigenvalue weighted by atomic mass is 16.5. The molecule has 2 aromatic rings. The number of carboxylic acid groups (broad SMARTS) is 1. The van der Waals surface area contributed by atoms with Crippen LogP contribution in [0.1, 0.15) is 24.0 Å². The van der Waals surface area contributed by atoms with Crippen molar-refractivity contribution in [1.29, 1.82) is 5.26 Å². The Hall–Kier alpha value is -3.04. The lowest BCUT2D eigenvalue weighted by Gasteiger charge is -2.24. The molecule has 1 unspecified atom stereocenters. The summed E-state index contributed by atoms with van der Waals surface area (Å²) in [6.07, 6.45) is 1.13. The fourth-order valence-electron chi connectivity index (χ4n) is 2.76. The normalized spacial score (nSPS) is 12.6. The molecule has 0 fully saturated rings. The molecule has 0 saturated heterocycles. The summed E-state index contributed by atoms with van der Waals surface area (Å²) in [6.45, 7) is 0.0170. The van der Waals surface area contributed by atoms with Crippen LogP contribution in [0, 0.1) is 11.3 Å². The van der Waals surface area contributed by atoms with Crippen molar-refractivity contribution >= 4 is 6.09 Å². The van der Waals surface area contributed by atoms with E-state index in [4.69, 9.17) is 9.84 Å². The molecule has 0 aliphatic carbocycles. The van der Waals surface area contributed by atoms with Crippen LogP contribution in [0.15, 0.2) is 54.6 Å². The second-order valence-electron chi connectivity index (χ2n) is 6.37. The van der Waals surface area contributed by atoms with Crippen LogP contribution in [0.3, 0.4) is 0 Å². The largest absolute Gasteiger partial charge is 0.494 e. The molecule has 0 bridgehead atoms. The smallest absolute Gasteiger partial charge is 0.406 e. The van der Waals surface area contributed by atoms with Gasteiger partial charge < -0.3 is 20.3 Å². The van der Waals surface area contributed by atoms with E-state index < -0.39 is 18.2 Å². The molecular weight excluding hydrogens is 344 g/mol. The molecule has 27 heavy (non-hydrogen) atoms. The SMILES string of the molecule is N#CC(CO)(CCc1cccc(OCCCc2ccccc2)c1)NC(=O)O. The summed E-state index contributed by atoms with van der Waals surface area (Å²) in [6, 6.07) is 19.6. The number of benzene rings is 2. The van der Waals surface area contributed by atoms with Crippen LogP contribution in [-0.4, -0.2) is 35.1 Å². The molecule has 3 N–H and O–H groups in total. The van der Waals surface area contributed by atoms with Gasteiger partial charge >= 0.3 is 6.09 Å². The average molecular weight is 368 g/mol. The number of aryl methyl sites for hydroxylation is 2. The first-order chi connectivity index (χ1) is 13.1. The lowest BCUT2D eigenvalue weighted by molar-refractivity contribution is 0.157. The summed E-state index contributed by atoms with van der Waals surface area (Å²) >= 11 is 0. The van der Waals surface area contributed by atoms with Crippen LogP contribution < -0.4 is 10.1 Å². The van der Waals surface area contributed by atoms with Gasteiger partial charge in [0.15, 0.2) is 5.54 Å². The van der Waals surface area contributed by atoms with Crippen LogP contribution in [0.2, 0.25) is 0 Å². The van der Waals surface area contributed by atoms with Crippen molar-refractivity contribution in [2.24, 2.45) is 0 Å². The third-order valence-corrected chi connectivity index (χ3v) is 4.29. The van der Waals surface area contributed by atoms with Crippen LogP contribution >= 0.6 is 0 Å². The minimum atomic E-state index is -1.50. The molecule has 1 atom stereocenters. The van der Waals surface area contributed by atoms with E-state index in [0.29, 0.717) is 13.0 Å². The predicted molar refractivity (Wildman–Crippen MR) is 102 cm³/mol. The Labute approximate surface area is 159 Å². The summed E-state index contributed by atoms with van der Waals surface area (Å²) in [5.41, 5.74) is 0.687. The van der Waals surface area contributed by atoms with Gasteiger partial charge in [0.25, 0.3) is 0 Å². The second-order valence-corrected chi connectivity index (χ2v) is 6.37. The van der Waals surface area contributed by atoms with E-state index in [-0.39, 0.29) is 6.42 Å². The van der Waals surface area contributed by atoms with Crippen molar-refractivity contribution in [2.45, 2.75) is 31.2 Å². The molecule has 0 spiro atoms. The van der Waals surface area contributed by atoms with Gasteiger partial charge in [-0.15, -0.1) is 0 Å². The van der Waals surface area contributed by atoms with Gasteiger partial charge in [-0.3, -0.25) is 0 Å². The highest BCUT2D eigenvalue weighted by molar-refractivity contribution is 5.66. The number of amides is 1. The first-order valence-corrected chi connectivity index (χ1v) is 8.86. The van der Waals surface area contributed by atoms with Gasteiger partial charge in [-0.25, -0.2) is 4.79 Å². The van der Waals surface area contributed by atoms with Crippen LogP contribution in [0.25, 0.3) is 0 Å². The van der Waals surface area contributed by atoms with Gasteiger partial charge in [-0.1, -0.05) is 42.5 Å². The molecule has 6 heteroatoms. The fraction of sp³-hybridized carbons (Fsp3) is 0.333. The van der Waals surface area contributed by atoms with E-state index in [2.05, 4.69) is 17.4 Å². The summed E-state index contributed by atoms with van der Waals surface area (Å²) in [5, 5.41) is 29.6. The zero-order valence-corrected chi connectivity index (χ0v) is 15.1. The minimum absolute atomic E-state index is 0.170. The maximum atomic E-state index is 10.9. The predicted octanol–water partition coefficient (Wildman–Crippen LogP) is 3.15. The number of carbonyl (C=O) groups is 1. The number of hydrogen-bond donors (Lipinski definition) is 3. The number of nitrogens with zero attached hydrogens (tertiary/aromatic N) is 1. The Morgan fingerprint density at radius 2 is 1.85 bits per heavy atom. The quantitative estimate of drug-likeness (QED) is 0.559. The molecule has 0 radical (unpaired) electrons. The number of hydrogen-bond acceptors (Lipinski definition) is 4. The van der Waals surface area contributed by atoms with Gasteiger partial charge in [0.1, 0.15) is 5.75 Å². The van der Waals surface area contributed by atoms with Crippen LogP contribution in [-0.2, 0) is 12.8 Å². The van der Waals surface area contributed by atoms with E-state index in [9.17, 15) is 15.2 Å². The standard InChI is InChI=1S/C21H24N2O4/c22-15-21(16-24,23-20(25)26)12-11-18-8-4-10-19(14-18)27-13-5-9-17-6-2-1-3-7-17/h1-4,6-8,10,14,23-24H,5,9,11-13,16H2,(H,25,26). The maximum Gasteiger partial charge on any atom is 0.406 e. The zero-order chi connectivity index (χ0) is 19.5.